The Balaban J connectivity index is 1.09. The Labute approximate surface area is 341 Å². The minimum Gasteiger partial charge on any atom is -0.370 e. The second-order valence-corrected chi connectivity index (χ2v) is 15.9. The highest BCUT2D eigenvalue weighted by atomic mass is 15.1. The molecule has 4 heteroatoms. The van der Waals surface area contributed by atoms with Gasteiger partial charge in [-0.15, -0.1) is 0 Å². The summed E-state index contributed by atoms with van der Waals surface area (Å²) in [4.78, 5) is 12.4. The van der Waals surface area contributed by atoms with Crippen LogP contribution in [-0.2, 0) is 0 Å². The molecule has 0 saturated carbocycles. The van der Waals surface area contributed by atoms with E-state index >= 15 is 0 Å². The maximum atomic E-state index is 5.51. The number of rotatable bonds is 7. The lowest BCUT2D eigenvalue weighted by Crippen LogP contribution is -2.32. The van der Waals surface area contributed by atoms with Crippen LogP contribution in [0.4, 0.5) is 0 Å². The average Bonchev–Trinajstić information content (AvgIpc) is 3.29. The summed E-state index contributed by atoms with van der Waals surface area (Å²) in [7, 11) is 2.15. The van der Waals surface area contributed by atoms with Gasteiger partial charge >= 0.3 is 0 Å². The van der Waals surface area contributed by atoms with Gasteiger partial charge in [0.15, 0.2) is 0 Å². The number of nitrogens with zero attached hydrogens (tertiary/aromatic N) is 3. The molecule has 0 radical (unpaired) electrons. The minimum absolute atomic E-state index is 0.0850. The fourth-order valence-corrected chi connectivity index (χ4v) is 9.13. The van der Waals surface area contributed by atoms with Crippen molar-refractivity contribution in [3.05, 3.63) is 221 Å². The molecule has 0 amide bonds. The molecule has 2 aliphatic heterocycles. The lowest BCUT2D eigenvalue weighted by molar-refractivity contribution is 0.531. The van der Waals surface area contributed by atoms with Crippen LogP contribution in [0.2, 0.25) is 0 Å². The maximum Gasteiger partial charge on any atom is 0.130 e. The van der Waals surface area contributed by atoms with Crippen molar-refractivity contribution < 1.29 is 0 Å². The van der Waals surface area contributed by atoms with Crippen molar-refractivity contribution in [2.45, 2.75) is 37.6 Å². The van der Waals surface area contributed by atoms with Gasteiger partial charge in [-0.2, -0.15) is 0 Å². The Morgan fingerprint density at radius 1 is 0.741 bits per heavy atom. The molecule has 0 fully saturated rings. The number of hydrogen-bond donors (Lipinski definition) is 1. The number of amidine groups is 1. The van der Waals surface area contributed by atoms with Crippen molar-refractivity contribution >= 4 is 39.7 Å². The zero-order chi connectivity index (χ0) is 39.0. The number of likely N-dealkylation sites (N-methyl/N-ethyl adjacent to an activating group) is 1. The SMILES string of the molecule is CC1CC=Cc2cccc(C3=CC(c4cccc5ccccc45)CC(C4=NC(c5ccc(C6=CC=CCN6C)cc5)=CC(c5ccc(-c6ccccn6)cc5)N4)=C3)c21. The number of aliphatic imine (C=N–C) groups is 1. The van der Waals surface area contributed by atoms with Crippen molar-refractivity contribution in [1.82, 2.24) is 15.2 Å². The lowest BCUT2D eigenvalue weighted by atomic mass is 9.77. The van der Waals surface area contributed by atoms with E-state index in [0.717, 1.165) is 47.7 Å². The van der Waals surface area contributed by atoms with Crippen LogP contribution in [0, 0.1) is 0 Å². The van der Waals surface area contributed by atoms with E-state index in [0.29, 0.717) is 5.92 Å². The van der Waals surface area contributed by atoms with Crippen molar-refractivity contribution in [2.24, 2.45) is 4.99 Å². The fourth-order valence-electron chi connectivity index (χ4n) is 9.13. The van der Waals surface area contributed by atoms with Crippen LogP contribution in [0.3, 0.4) is 0 Å². The largest absolute Gasteiger partial charge is 0.370 e. The summed E-state index contributed by atoms with van der Waals surface area (Å²) in [6, 6.07) is 46.1. The predicted molar refractivity (Wildman–Crippen MR) is 243 cm³/mol. The third-order valence-electron chi connectivity index (χ3n) is 12.1. The van der Waals surface area contributed by atoms with E-state index in [2.05, 4.69) is 193 Å². The number of allylic oxidation sites excluding steroid dienone is 6. The quantitative estimate of drug-likeness (QED) is 0.177. The van der Waals surface area contributed by atoms with Crippen LogP contribution in [0.25, 0.3) is 45.1 Å². The summed E-state index contributed by atoms with van der Waals surface area (Å²) in [6.45, 7) is 3.27. The van der Waals surface area contributed by atoms with Gasteiger partial charge in [-0.3, -0.25) is 4.98 Å². The molecule has 3 heterocycles. The normalized spacial score (nSPS) is 20.0. The van der Waals surface area contributed by atoms with Gasteiger partial charge in [-0.05, 0) is 110 Å². The van der Waals surface area contributed by atoms with Crippen molar-refractivity contribution in [2.75, 3.05) is 13.6 Å². The average molecular weight is 751 g/mol. The summed E-state index contributed by atoms with van der Waals surface area (Å²) in [5.41, 5.74) is 15.6. The number of benzene rings is 5. The third kappa shape index (κ3) is 6.85. The van der Waals surface area contributed by atoms with Gasteiger partial charge < -0.3 is 10.2 Å². The van der Waals surface area contributed by atoms with E-state index in [1.165, 1.54) is 61.0 Å². The van der Waals surface area contributed by atoms with Gasteiger partial charge in [-0.25, -0.2) is 4.99 Å². The van der Waals surface area contributed by atoms with E-state index in [1.54, 1.807) is 0 Å². The second-order valence-electron chi connectivity index (χ2n) is 15.9. The standard InChI is InChI=1S/C54H46N4/c1-36-12-9-15-42-16-11-19-48(53(36)42)44-32-43(47-18-10-14-37-13-3-4-17-46(37)47)33-45(34-44)54-56-50(39-24-22-38(23-25-39)49-20-5-7-30-55-49)35-51(57-54)40-26-28-41(29-27-40)52-21-6-8-31-58(52)2/h3-11,13-30,32,34-36,43,50H,12,31,33H2,1-2H3,(H,56,57). The number of hydrogen-bond acceptors (Lipinski definition) is 4. The first-order valence-electron chi connectivity index (χ1n) is 20.5. The summed E-state index contributed by atoms with van der Waals surface area (Å²) in [6.07, 6.45) is 22.1. The summed E-state index contributed by atoms with van der Waals surface area (Å²) in [5.74, 6) is 1.53. The second kappa shape index (κ2) is 15.3. The molecule has 3 unspecified atom stereocenters. The Hall–Kier alpha value is -6.78. The van der Waals surface area contributed by atoms with E-state index in [1.807, 2.05) is 18.3 Å². The topological polar surface area (TPSA) is 40.5 Å². The van der Waals surface area contributed by atoms with Crippen LogP contribution in [0.5, 0.6) is 0 Å². The van der Waals surface area contributed by atoms with Crippen LogP contribution in [0.1, 0.15) is 76.6 Å². The van der Waals surface area contributed by atoms with Gasteiger partial charge in [0.1, 0.15) is 5.84 Å². The summed E-state index contributed by atoms with van der Waals surface area (Å²) < 4.78 is 0. The first kappa shape index (κ1) is 35.6. The zero-order valence-electron chi connectivity index (χ0n) is 33.0. The molecule has 6 aromatic rings. The molecule has 0 spiro atoms. The number of nitrogens with one attached hydrogen (secondary N) is 1. The molecule has 4 nitrogen and oxygen atoms in total. The molecule has 0 saturated heterocycles. The smallest absolute Gasteiger partial charge is 0.130 e. The molecule has 2 aliphatic carbocycles. The van der Waals surface area contributed by atoms with Gasteiger partial charge in [-0.1, -0.05) is 153 Å². The third-order valence-corrected chi connectivity index (χ3v) is 12.1. The monoisotopic (exact) mass is 750 g/mol. The molecule has 1 N–H and O–H groups in total. The molecular weight excluding hydrogens is 705 g/mol. The van der Waals surface area contributed by atoms with E-state index in [9.17, 15) is 0 Å². The molecule has 5 aromatic carbocycles. The molecule has 4 aliphatic rings. The molecule has 1 aromatic heterocycles. The zero-order valence-corrected chi connectivity index (χ0v) is 33.0. The van der Waals surface area contributed by atoms with Crippen molar-refractivity contribution in [1.29, 1.82) is 0 Å². The first-order valence-corrected chi connectivity index (χ1v) is 20.5. The Morgan fingerprint density at radius 2 is 1.53 bits per heavy atom. The molecule has 282 valence electrons. The highest BCUT2D eigenvalue weighted by molar-refractivity contribution is 6.06. The fraction of sp³-hybridized carbons (Fsp3) is 0.148. The van der Waals surface area contributed by atoms with Crippen LogP contribution in [-0.4, -0.2) is 29.3 Å². The number of fused-ring (bicyclic) bond motifs is 2. The van der Waals surface area contributed by atoms with Gasteiger partial charge in [0, 0.05) is 37.0 Å². The lowest BCUT2D eigenvalue weighted by Gasteiger charge is -2.30. The summed E-state index contributed by atoms with van der Waals surface area (Å²) >= 11 is 0. The molecule has 58 heavy (non-hydrogen) atoms. The van der Waals surface area contributed by atoms with Crippen LogP contribution in [0.15, 0.2) is 187 Å². The summed E-state index contributed by atoms with van der Waals surface area (Å²) in [5, 5.41) is 6.52. The Bertz CT molecular complexity index is 2740. The van der Waals surface area contributed by atoms with Crippen LogP contribution < -0.4 is 5.32 Å². The van der Waals surface area contributed by atoms with E-state index in [-0.39, 0.29) is 12.0 Å². The van der Waals surface area contributed by atoms with Crippen molar-refractivity contribution in [3.8, 4) is 11.3 Å². The van der Waals surface area contributed by atoms with Gasteiger partial charge in [0.2, 0.25) is 0 Å². The first-order chi connectivity index (χ1) is 28.6. The number of pyridine rings is 1. The Morgan fingerprint density at radius 3 is 2.38 bits per heavy atom. The highest BCUT2D eigenvalue weighted by Crippen LogP contribution is 2.43. The molecular formula is C54H46N4. The van der Waals surface area contributed by atoms with Gasteiger partial charge in [0.25, 0.3) is 0 Å². The van der Waals surface area contributed by atoms with E-state index in [4.69, 9.17) is 4.99 Å². The highest BCUT2D eigenvalue weighted by Gasteiger charge is 2.28. The molecule has 0 bridgehead atoms. The van der Waals surface area contributed by atoms with Crippen molar-refractivity contribution in [3.63, 3.8) is 0 Å². The van der Waals surface area contributed by atoms with Gasteiger partial charge in [0.05, 0.1) is 17.4 Å². The molecule has 10 rings (SSSR count). The van der Waals surface area contributed by atoms with Crippen LogP contribution >= 0.6 is 0 Å². The van der Waals surface area contributed by atoms with E-state index < -0.39 is 0 Å². The predicted octanol–water partition coefficient (Wildman–Crippen LogP) is 12.5. The minimum atomic E-state index is -0.0850. The Kier molecular flexibility index (Phi) is 9.39. The maximum absolute atomic E-state index is 5.51. The number of aromatic nitrogens is 1. The molecule has 3 atom stereocenters.